The van der Waals surface area contributed by atoms with Crippen LogP contribution in [-0.2, 0) is 6.42 Å². The molecule has 0 radical (unpaired) electrons. The normalized spacial score (nSPS) is 11.8. The van der Waals surface area contributed by atoms with Crippen molar-refractivity contribution >= 4 is 35.0 Å². The van der Waals surface area contributed by atoms with Crippen LogP contribution in [0.25, 0.3) is 0 Å². The van der Waals surface area contributed by atoms with E-state index in [4.69, 9.17) is 23.2 Å². The Kier molecular flexibility index (Phi) is 5.28. The van der Waals surface area contributed by atoms with Crippen LogP contribution >= 0.6 is 35.0 Å². The molecule has 0 heterocycles. The molecule has 0 N–H and O–H groups in total. The standard InChI is InChI=1S/C10H9Cl2F3S/c11-6-2-3-7-8(12)4-1-5-9(7)16-10(13,14)15/h1,4-5H,2-3,6H2. The summed E-state index contributed by atoms with van der Waals surface area (Å²) in [6, 6.07) is 4.53. The minimum atomic E-state index is -4.29. The van der Waals surface area contributed by atoms with Crippen LogP contribution < -0.4 is 0 Å². The molecule has 0 aliphatic heterocycles. The SMILES string of the molecule is FC(F)(F)Sc1cccc(Cl)c1CCCCl. The van der Waals surface area contributed by atoms with Gasteiger partial charge in [-0.25, -0.2) is 0 Å². The zero-order valence-corrected chi connectivity index (χ0v) is 10.5. The molecular formula is C10H9Cl2F3S. The maximum absolute atomic E-state index is 12.3. The van der Waals surface area contributed by atoms with Gasteiger partial charge >= 0.3 is 5.51 Å². The highest BCUT2D eigenvalue weighted by molar-refractivity contribution is 8.00. The Bertz CT molecular complexity index is 352. The zero-order chi connectivity index (χ0) is 12.2. The van der Waals surface area contributed by atoms with Gasteiger partial charge in [-0.3, -0.25) is 0 Å². The van der Waals surface area contributed by atoms with Crippen LogP contribution in [0.4, 0.5) is 13.2 Å². The van der Waals surface area contributed by atoms with Gasteiger partial charge in [0, 0.05) is 15.8 Å². The van der Waals surface area contributed by atoms with E-state index < -0.39 is 5.51 Å². The molecule has 6 heteroatoms. The van der Waals surface area contributed by atoms with Gasteiger partial charge in [-0.2, -0.15) is 13.2 Å². The third kappa shape index (κ3) is 4.44. The molecule has 0 aliphatic carbocycles. The van der Waals surface area contributed by atoms with E-state index >= 15 is 0 Å². The number of thioether (sulfide) groups is 1. The van der Waals surface area contributed by atoms with Gasteiger partial charge in [0.05, 0.1) is 0 Å². The lowest BCUT2D eigenvalue weighted by atomic mass is 10.1. The number of alkyl halides is 4. The van der Waals surface area contributed by atoms with Crippen molar-refractivity contribution in [2.45, 2.75) is 23.2 Å². The molecule has 0 unspecified atom stereocenters. The van der Waals surface area contributed by atoms with Crippen molar-refractivity contribution < 1.29 is 13.2 Å². The second kappa shape index (κ2) is 6.03. The molecule has 0 saturated carbocycles. The molecule has 0 saturated heterocycles. The molecule has 1 aromatic carbocycles. The molecule has 90 valence electrons. The van der Waals surface area contributed by atoms with Crippen molar-refractivity contribution in [1.29, 1.82) is 0 Å². The fourth-order valence-corrected chi connectivity index (χ4v) is 2.44. The van der Waals surface area contributed by atoms with E-state index in [9.17, 15) is 13.2 Å². The van der Waals surface area contributed by atoms with E-state index in [0.29, 0.717) is 29.3 Å². The van der Waals surface area contributed by atoms with E-state index in [0.717, 1.165) is 0 Å². The molecule has 0 fully saturated rings. The lowest BCUT2D eigenvalue weighted by molar-refractivity contribution is -0.0328. The number of halogens is 5. The van der Waals surface area contributed by atoms with Gasteiger partial charge < -0.3 is 0 Å². The molecule has 16 heavy (non-hydrogen) atoms. The van der Waals surface area contributed by atoms with Crippen molar-refractivity contribution in [3.05, 3.63) is 28.8 Å². The summed E-state index contributed by atoms with van der Waals surface area (Å²) in [5, 5.41) is 0.361. The van der Waals surface area contributed by atoms with E-state index in [1.54, 1.807) is 6.07 Å². The summed E-state index contributed by atoms with van der Waals surface area (Å²) in [4.78, 5) is 0.158. The van der Waals surface area contributed by atoms with Gasteiger partial charge in [0.25, 0.3) is 0 Å². The predicted octanol–water partition coefficient (Wildman–Crippen LogP) is 5.12. The number of rotatable bonds is 4. The Morgan fingerprint density at radius 3 is 2.50 bits per heavy atom. The van der Waals surface area contributed by atoms with Crippen LogP contribution in [0.1, 0.15) is 12.0 Å². The van der Waals surface area contributed by atoms with E-state index in [-0.39, 0.29) is 16.7 Å². The first kappa shape index (κ1) is 14.0. The van der Waals surface area contributed by atoms with Crippen molar-refractivity contribution in [3.63, 3.8) is 0 Å². The first-order valence-corrected chi connectivity index (χ1v) is 6.26. The van der Waals surface area contributed by atoms with E-state index in [2.05, 4.69) is 0 Å². The number of hydrogen-bond acceptors (Lipinski definition) is 1. The third-order valence-electron chi connectivity index (χ3n) is 1.86. The van der Waals surface area contributed by atoms with Crippen LogP contribution in [0, 0.1) is 0 Å². The molecule has 0 nitrogen and oxygen atoms in total. The Balaban J connectivity index is 2.93. The second-order valence-corrected chi connectivity index (χ2v) is 4.95. The van der Waals surface area contributed by atoms with Crippen molar-refractivity contribution in [1.82, 2.24) is 0 Å². The van der Waals surface area contributed by atoms with Crippen LogP contribution in [0.3, 0.4) is 0 Å². The highest BCUT2D eigenvalue weighted by Gasteiger charge is 2.30. The van der Waals surface area contributed by atoms with Crippen LogP contribution in [0.5, 0.6) is 0 Å². The molecular weight excluding hydrogens is 280 g/mol. The molecule has 0 aromatic heterocycles. The fourth-order valence-electron chi connectivity index (χ4n) is 1.25. The molecule has 1 rings (SSSR count). The fraction of sp³-hybridized carbons (Fsp3) is 0.400. The summed E-state index contributed by atoms with van der Waals surface area (Å²) in [5.41, 5.74) is -3.77. The Morgan fingerprint density at radius 1 is 1.25 bits per heavy atom. The zero-order valence-electron chi connectivity index (χ0n) is 8.15. The van der Waals surface area contributed by atoms with Gasteiger partial charge in [0.15, 0.2) is 0 Å². The van der Waals surface area contributed by atoms with Gasteiger partial charge in [-0.1, -0.05) is 17.7 Å². The minimum Gasteiger partial charge on any atom is -0.160 e. The predicted molar refractivity (Wildman–Crippen MR) is 62.4 cm³/mol. The quantitative estimate of drug-likeness (QED) is 0.547. The number of hydrogen-bond donors (Lipinski definition) is 0. The average Bonchev–Trinajstić information content (AvgIpc) is 2.14. The Labute approximate surface area is 106 Å². The van der Waals surface area contributed by atoms with Gasteiger partial charge in [0.1, 0.15) is 0 Å². The molecule has 0 bridgehead atoms. The smallest absolute Gasteiger partial charge is 0.160 e. The Morgan fingerprint density at radius 2 is 1.94 bits per heavy atom. The van der Waals surface area contributed by atoms with Crippen molar-refractivity contribution in [3.8, 4) is 0 Å². The van der Waals surface area contributed by atoms with E-state index in [1.165, 1.54) is 12.1 Å². The van der Waals surface area contributed by atoms with Crippen molar-refractivity contribution in [2.24, 2.45) is 0 Å². The van der Waals surface area contributed by atoms with Crippen LogP contribution in [-0.4, -0.2) is 11.4 Å². The van der Waals surface area contributed by atoms with Crippen LogP contribution in [0.15, 0.2) is 23.1 Å². The molecule has 1 aromatic rings. The molecule has 0 amide bonds. The summed E-state index contributed by atoms with van der Waals surface area (Å²) in [6.45, 7) is 0. The Hall–Kier alpha value is -0.0600. The summed E-state index contributed by atoms with van der Waals surface area (Å²) >= 11 is 11.3. The topological polar surface area (TPSA) is 0 Å². The van der Waals surface area contributed by atoms with E-state index in [1.807, 2.05) is 0 Å². The summed E-state index contributed by atoms with van der Waals surface area (Å²) in [7, 11) is 0. The van der Waals surface area contributed by atoms with Crippen LogP contribution in [0.2, 0.25) is 5.02 Å². The highest BCUT2D eigenvalue weighted by Crippen LogP contribution is 2.40. The maximum atomic E-state index is 12.3. The minimum absolute atomic E-state index is 0.136. The van der Waals surface area contributed by atoms with Gasteiger partial charge in [-0.05, 0) is 42.3 Å². The first-order chi connectivity index (χ1) is 7.44. The molecule has 0 atom stereocenters. The molecule has 0 aliphatic rings. The monoisotopic (exact) mass is 288 g/mol. The summed E-state index contributed by atoms with van der Waals surface area (Å²) in [5.74, 6) is 0.404. The lowest BCUT2D eigenvalue weighted by Gasteiger charge is -2.12. The summed E-state index contributed by atoms with van der Waals surface area (Å²) < 4.78 is 36.8. The number of benzene rings is 1. The average molecular weight is 289 g/mol. The highest BCUT2D eigenvalue weighted by atomic mass is 35.5. The first-order valence-electron chi connectivity index (χ1n) is 4.53. The largest absolute Gasteiger partial charge is 0.446 e. The second-order valence-electron chi connectivity index (χ2n) is 3.06. The maximum Gasteiger partial charge on any atom is 0.446 e. The van der Waals surface area contributed by atoms with Crippen molar-refractivity contribution in [2.75, 3.05) is 5.88 Å². The molecule has 0 spiro atoms. The van der Waals surface area contributed by atoms with Gasteiger partial charge in [0.2, 0.25) is 0 Å². The van der Waals surface area contributed by atoms with Gasteiger partial charge in [-0.15, -0.1) is 11.6 Å². The third-order valence-corrected chi connectivity index (χ3v) is 3.32. The summed E-state index contributed by atoms with van der Waals surface area (Å²) in [6.07, 6.45) is 1.07. The lowest BCUT2D eigenvalue weighted by Crippen LogP contribution is -2.01.